The van der Waals surface area contributed by atoms with Gasteiger partial charge in [0, 0.05) is 0 Å². The highest BCUT2D eigenvalue weighted by Gasteiger charge is 2.11. The molecule has 0 spiro atoms. The van der Waals surface area contributed by atoms with E-state index in [-0.39, 0.29) is 11.9 Å². The minimum atomic E-state index is 0.0104. The lowest BCUT2D eigenvalue weighted by Gasteiger charge is -2.13. The first kappa shape index (κ1) is 16.3. The molecule has 1 unspecified atom stereocenters. The van der Waals surface area contributed by atoms with Crippen molar-refractivity contribution in [2.45, 2.75) is 28.6 Å². The average molecular weight is 340 g/mol. The predicted molar refractivity (Wildman–Crippen MR) is 90.0 cm³/mol. The zero-order valence-corrected chi connectivity index (χ0v) is 14.4. The van der Waals surface area contributed by atoms with Gasteiger partial charge in [-0.1, -0.05) is 72.1 Å². The summed E-state index contributed by atoms with van der Waals surface area (Å²) in [7, 11) is 0. The van der Waals surface area contributed by atoms with E-state index in [0.29, 0.717) is 5.75 Å². The van der Waals surface area contributed by atoms with Gasteiger partial charge < -0.3 is 5.32 Å². The maximum absolute atomic E-state index is 12.0. The highest BCUT2D eigenvalue weighted by Crippen LogP contribution is 2.28. The van der Waals surface area contributed by atoms with Gasteiger partial charge in [0.2, 0.25) is 5.91 Å². The molecule has 21 heavy (non-hydrogen) atoms. The van der Waals surface area contributed by atoms with Gasteiger partial charge in [-0.05, 0) is 18.2 Å². The summed E-state index contributed by atoms with van der Waals surface area (Å²) in [5.74, 6) is 1.35. The molecule has 0 saturated heterocycles. The van der Waals surface area contributed by atoms with Crippen molar-refractivity contribution in [2.75, 3.05) is 11.5 Å². The number of carbonyl (C=O) groups excluding carboxylic acids is 1. The highest BCUT2D eigenvalue weighted by atomic mass is 32.2. The molecule has 1 heterocycles. The number of thioether (sulfide) groups is 2. The number of benzene rings is 1. The predicted octanol–water partition coefficient (Wildman–Crippen LogP) is 3.62. The van der Waals surface area contributed by atoms with Crippen LogP contribution in [0.2, 0.25) is 0 Å². The highest BCUT2D eigenvalue weighted by molar-refractivity contribution is 8.03. The van der Waals surface area contributed by atoms with Gasteiger partial charge in [0.15, 0.2) is 8.68 Å². The molecule has 1 N–H and O–H groups in total. The molecule has 0 aliphatic rings. The molecule has 4 nitrogen and oxygen atoms in total. The molecule has 1 aromatic heterocycles. The van der Waals surface area contributed by atoms with Gasteiger partial charge in [0.05, 0.1) is 11.8 Å². The van der Waals surface area contributed by atoms with Crippen LogP contribution < -0.4 is 5.32 Å². The summed E-state index contributed by atoms with van der Waals surface area (Å²) in [5.41, 5.74) is 1.10. The van der Waals surface area contributed by atoms with Crippen LogP contribution in [-0.2, 0) is 4.79 Å². The van der Waals surface area contributed by atoms with Crippen LogP contribution in [0.15, 0.2) is 39.0 Å². The zero-order chi connectivity index (χ0) is 15.1. The van der Waals surface area contributed by atoms with Crippen molar-refractivity contribution in [2.24, 2.45) is 0 Å². The SMILES string of the molecule is CCSc1nnc(SCC(=O)NC(C)c2ccccc2)s1. The van der Waals surface area contributed by atoms with Crippen molar-refractivity contribution in [3.63, 3.8) is 0 Å². The van der Waals surface area contributed by atoms with E-state index in [1.807, 2.05) is 37.3 Å². The lowest BCUT2D eigenvalue weighted by Crippen LogP contribution is -2.28. The Hall–Kier alpha value is -1.05. The van der Waals surface area contributed by atoms with Gasteiger partial charge in [-0.25, -0.2) is 0 Å². The summed E-state index contributed by atoms with van der Waals surface area (Å²) in [6, 6.07) is 9.95. The fraction of sp³-hybridized carbons (Fsp3) is 0.357. The molecule has 7 heteroatoms. The fourth-order valence-corrected chi connectivity index (χ4v) is 4.40. The van der Waals surface area contributed by atoms with Gasteiger partial charge in [0.25, 0.3) is 0 Å². The third-order valence-corrected chi connectivity index (χ3v) is 5.73. The molecule has 0 radical (unpaired) electrons. The van der Waals surface area contributed by atoms with Crippen molar-refractivity contribution in [3.8, 4) is 0 Å². The maximum Gasteiger partial charge on any atom is 0.230 e. The van der Waals surface area contributed by atoms with Crippen LogP contribution >= 0.6 is 34.9 Å². The van der Waals surface area contributed by atoms with E-state index >= 15 is 0 Å². The monoisotopic (exact) mass is 339 g/mol. The zero-order valence-electron chi connectivity index (χ0n) is 11.9. The third-order valence-electron chi connectivity index (χ3n) is 2.66. The Balaban J connectivity index is 1.79. The number of hydrogen-bond donors (Lipinski definition) is 1. The van der Waals surface area contributed by atoms with Crippen molar-refractivity contribution in [1.82, 2.24) is 15.5 Å². The lowest BCUT2D eigenvalue weighted by atomic mass is 10.1. The van der Waals surface area contributed by atoms with E-state index in [9.17, 15) is 4.79 Å². The molecular weight excluding hydrogens is 322 g/mol. The van der Waals surface area contributed by atoms with Crippen molar-refractivity contribution < 1.29 is 4.79 Å². The second-order valence-electron chi connectivity index (χ2n) is 4.26. The molecule has 0 fully saturated rings. The number of nitrogens with one attached hydrogen (secondary N) is 1. The largest absolute Gasteiger partial charge is 0.349 e. The Bertz CT molecular complexity index is 574. The van der Waals surface area contributed by atoms with Crippen molar-refractivity contribution in [1.29, 1.82) is 0 Å². The number of hydrogen-bond acceptors (Lipinski definition) is 6. The molecule has 2 aromatic rings. The standard InChI is InChI=1S/C14H17N3OS3/c1-3-19-13-16-17-14(21-13)20-9-12(18)15-10(2)11-7-5-4-6-8-11/h4-8,10H,3,9H2,1-2H3,(H,15,18). The summed E-state index contributed by atoms with van der Waals surface area (Å²) in [5, 5.41) is 11.1. The fourth-order valence-electron chi connectivity index (χ4n) is 1.67. The van der Waals surface area contributed by atoms with Crippen LogP contribution in [-0.4, -0.2) is 27.6 Å². The summed E-state index contributed by atoms with van der Waals surface area (Å²) < 4.78 is 1.80. The molecular formula is C14H17N3OS3. The van der Waals surface area contributed by atoms with Gasteiger partial charge in [0.1, 0.15) is 0 Å². The van der Waals surface area contributed by atoms with Crippen LogP contribution in [0.1, 0.15) is 25.5 Å². The van der Waals surface area contributed by atoms with Crippen LogP contribution in [0.5, 0.6) is 0 Å². The Labute approximate surface area is 137 Å². The molecule has 2 rings (SSSR count). The normalized spacial score (nSPS) is 12.1. The second kappa shape index (κ2) is 8.41. The minimum Gasteiger partial charge on any atom is -0.349 e. The van der Waals surface area contributed by atoms with Gasteiger partial charge in [-0.15, -0.1) is 10.2 Å². The van der Waals surface area contributed by atoms with E-state index in [2.05, 4.69) is 22.4 Å². The topological polar surface area (TPSA) is 54.9 Å². The average Bonchev–Trinajstić information content (AvgIpc) is 2.94. The van der Waals surface area contributed by atoms with E-state index in [0.717, 1.165) is 20.0 Å². The van der Waals surface area contributed by atoms with E-state index in [1.54, 1.807) is 11.8 Å². The Morgan fingerprint density at radius 3 is 2.57 bits per heavy atom. The quantitative estimate of drug-likeness (QED) is 0.781. The van der Waals surface area contributed by atoms with Crippen LogP contribution in [0, 0.1) is 0 Å². The van der Waals surface area contributed by atoms with E-state index < -0.39 is 0 Å². The van der Waals surface area contributed by atoms with E-state index in [4.69, 9.17) is 0 Å². The van der Waals surface area contributed by atoms with Crippen molar-refractivity contribution >= 4 is 40.8 Å². The number of rotatable bonds is 7. The molecule has 0 bridgehead atoms. The van der Waals surface area contributed by atoms with Gasteiger partial charge in [-0.3, -0.25) is 4.79 Å². The smallest absolute Gasteiger partial charge is 0.230 e. The lowest BCUT2D eigenvalue weighted by molar-refractivity contribution is -0.119. The van der Waals surface area contributed by atoms with Crippen LogP contribution in [0.4, 0.5) is 0 Å². The van der Waals surface area contributed by atoms with Crippen molar-refractivity contribution in [3.05, 3.63) is 35.9 Å². The molecule has 0 aliphatic heterocycles. The van der Waals surface area contributed by atoms with Crippen LogP contribution in [0.25, 0.3) is 0 Å². The first-order chi connectivity index (χ1) is 10.2. The van der Waals surface area contributed by atoms with E-state index in [1.165, 1.54) is 23.1 Å². The molecule has 1 aromatic carbocycles. The molecule has 0 saturated carbocycles. The summed E-state index contributed by atoms with van der Waals surface area (Å²) in [6.07, 6.45) is 0. The minimum absolute atomic E-state index is 0.0104. The molecule has 112 valence electrons. The summed E-state index contributed by atoms with van der Waals surface area (Å²) in [6.45, 7) is 4.07. The number of nitrogens with zero attached hydrogens (tertiary/aromatic N) is 2. The number of amides is 1. The van der Waals surface area contributed by atoms with Gasteiger partial charge in [-0.2, -0.15) is 0 Å². The third kappa shape index (κ3) is 5.33. The Morgan fingerprint density at radius 2 is 1.90 bits per heavy atom. The van der Waals surface area contributed by atoms with Gasteiger partial charge >= 0.3 is 0 Å². The summed E-state index contributed by atoms with van der Waals surface area (Å²) in [4.78, 5) is 12.0. The molecule has 1 amide bonds. The first-order valence-corrected chi connectivity index (χ1v) is 9.41. The Morgan fingerprint density at radius 1 is 1.24 bits per heavy atom. The molecule has 0 aliphatic carbocycles. The first-order valence-electron chi connectivity index (χ1n) is 6.62. The number of carbonyl (C=O) groups is 1. The maximum atomic E-state index is 12.0. The number of aromatic nitrogens is 2. The molecule has 1 atom stereocenters. The summed E-state index contributed by atoms with van der Waals surface area (Å²) >= 11 is 4.64. The Kier molecular flexibility index (Phi) is 6.53. The second-order valence-corrected chi connectivity index (χ2v) is 7.97. The van der Waals surface area contributed by atoms with Crippen LogP contribution in [0.3, 0.4) is 0 Å².